The molecule has 0 saturated carbocycles. The average Bonchev–Trinajstić information content (AvgIpc) is 2.95. The molecule has 0 bridgehead atoms. The highest BCUT2D eigenvalue weighted by atomic mass is 35.5. The van der Waals surface area contributed by atoms with E-state index in [1.54, 1.807) is 6.92 Å². The minimum Gasteiger partial charge on any atom is -0.462 e. The first-order valence-electron chi connectivity index (χ1n) is 6.36. The van der Waals surface area contributed by atoms with Crippen LogP contribution in [0.3, 0.4) is 0 Å². The number of aromatic amines is 1. The molecule has 0 aromatic carbocycles. The Morgan fingerprint density at radius 3 is 2.71 bits per heavy atom. The maximum Gasteiger partial charge on any atom is 0.341 e. The fourth-order valence-corrected chi connectivity index (χ4v) is 3.04. The first-order chi connectivity index (χ1) is 9.93. The van der Waals surface area contributed by atoms with Gasteiger partial charge in [-0.3, -0.25) is 4.79 Å². The van der Waals surface area contributed by atoms with Crippen LogP contribution < -0.4 is 5.32 Å². The quantitative estimate of drug-likeness (QED) is 0.840. The van der Waals surface area contributed by atoms with Crippen LogP contribution in [0.5, 0.6) is 0 Å². The number of hydrogen-bond acceptors (Lipinski definition) is 4. The highest BCUT2D eigenvalue weighted by Gasteiger charge is 2.22. The van der Waals surface area contributed by atoms with Crippen LogP contribution in [-0.2, 0) is 4.74 Å². The Kier molecular flexibility index (Phi) is 4.69. The standard InChI is InChI=1S/C14H15ClN2O3S/c1-4-20-14(19)11-7(2)8(3)21-13(11)17-12(18)10-5-9(15)6-16-10/h5-6,16H,4H2,1-3H3,(H,17,18). The van der Waals surface area contributed by atoms with E-state index >= 15 is 0 Å². The number of aromatic nitrogens is 1. The van der Waals surface area contributed by atoms with Gasteiger partial charge in [0.25, 0.3) is 5.91 Å². The molecule has 0 fully saturated rings. The number of carbonyl (C=O) groups is 2. The maximum atomic E-state index is 12.1. The number of halogens is 1. The van der Waals surface area contributed by atoms with E-state index in [9.17, 15) is 9.59 Å². The van der Waals surface area contributed by atoms with Crippen LogP contribution in [0.2, 0.25) is 5.02 Å². The zero-order valence-corrected chi connectivity index (χ0v) is 13.4. The van der Waals surface area contributed by atoms with Crippen LogP contribution in [0.25, 0.3) is 0 Å². The summed E-state index contributed by atoms with van der Waals surface area (Å²) in [5, 5.41) is 3.66. The molecule has 21 heavy (non-hydrogen) atoms. The van der Waals surface area contributed by atoms with Gasteiger partial charge in [0.15, 0.2) is 0 Å². The molecule has 7 heteroatoms. The summed E-state index contributed by atoms with van der Waals surface area (Å²) in [6.45, 7) is 5.75. The number of rotatable bonds is 4. The number of aryl methyl sites for hydroxylation is 1. The van der Waals surface area contributed by atoms with Gasteiger partial charge in [0.1, 0.15) is 10.7 Å². The molecule has 2 heterocycles. The zero-order chi connectivity index (χ0) is 15.6. The summed E-state index contributed by atoms with van der Waals surface area (Å²) in [4.78, 5) is 27.9. The van der Waals surface area contributed by atoms with E-state index in [2.05, 4.69) is 10.3 Å². The Hall–Kier alpha value is -1.79. The van der Waals surface area contributed by atoms with Crippen molar-refractivity contribution in [2.75, 3.05) is 11.9 Å². The molecule has 0 aliphatic rings. The number of nitrogens with one attached hydrogen (secondary N) is 2. The highest BCUT2D eigenvalue weighted by molar-refractivity contribution is 7.16. The van der Waals surface area contributed by atoms with E-state index in [1.165, 1.54) is 23.6 Å². The van der Waals surface area contributed by atoms with Gasteiger partial charge >= 0.3 is 5.97 Å². The third-order valence-corrected chi connectivity index (χ3v) is 4.33. The number of esters is 1. The minimum atomic E-state index is -0.431. The molecular formula is C14H15ClN2O3S. The van der Waals surface area contributed by atoms with E-state index in [0.717, 1.165) is 10.4 Å². The van der Waals surface area contributed by atoms with Gasteiger partial charge in [0.05, 0.1) is 17.2 Å². The van der Waals surface area contributed by atoms with E-state index in [1.807, 2.05) is 13.8 Å². The van der Waals surface area contributed by atoms with E-state index in [-0.39, 0.29) is 12.5 Å². The molecule has 0 aliphatic carbocycles. The Bertz CT molecular complexity index is 690. The lowest BCUT2D eigenvalue weighted by Gasteiger charge is -2.06. The summed E-state index contributed by atoms with van der Waals surface area (Å²) < 4.78 is 5.04. The van der Waals surface area contributed by atoms with E-state index in [4.69, 9.17) is 16.3 Å². The molecule has 0 atom stereocenters. The molecule has 112 valence electrons. The number of carbonyl (C=O) groups excluding carboxylic acids is 2. The molecule has 1 amide bonds. The first kappa shape index (κ1) is 15.6. The molecule has 2 rings (SSSR count). The summed E-state index contributed by atoms with van der Waals surface area (Å²) in [6.07, 6.45) is 1.52. The predicted molar refractivity (Wildman–Crippen MR) is 83.5 cm³/mol. The van der Waals surface area contributed by atoms with Crippen molar-refractivity contribution in [1.82, 2.24) is 4.98 Å². The van der Waals surface area contributed by atoms with Crippen LogP contribution in [0.1, 0.15) is 38.2 Å². The van der Waals surface area contributed by atoms with Gasteiger partial charge in [-0.1, -0.05) is 11.6 Å². The second-order valence-corrected chi connectivity index (χ2v) is 6.05. The molecule has 2 N–H and O–H groups in total. The van der Waals surface area contributed by atoms with Gasteiger partial charge in [-0.25, -0.2) is 4.79 Å². The van der Waals surface area contributed by atoms with Gasteiger partial charge < -0.3 is 15.0 Å². The van der Waals surface area contributed by atoms with Crippen molar-refractivity contribution >= 4 is 39.8 Å². The fourth-order valence-electron chi connectivity index (χ4n) is 1.83. The Morgan fingerprint density at radius 1 is 1.43 bits per heavy atom. The van der Waals surface area contributed by atoms with Crippen LogP contribution in [-0.4, -0.2) is 23.5 Å². The SMILES string of the molecule is CCOC(=O)c1c(NC(=O)c2cc(Cl)c[nH]2)sc(C)c1C. The Morgan fingerprint density at radius 2 is 2.14 bits per heavy atom. The van der Waals surface area contributed by atoms with Gasteiger partial charge in [-0.2, -0.15) is 0 Å². The second kappa shape index (κ2) is 6.32. The number of ether oxygens (including phenoxy) is 1. The monoisotopic (exact) mass is 326 g/mol. The maximum absolute atomic E-state index is 12.1. The van der Waals surface area contributed by atoms with Crippen molar-refractivity contribution in [3.8, 4) is 0 Å². The molecule has 5 nitrogen and oxygen atoms in total. The topological polar surface area (TPSA) is 71.2 Å². The van der Waals surface area contributed by atoms with Gasteiger partial charge in [0, 0.05) is 11.1 Å². The Labute approximate surface area is 131 Å². The average molecular weight is 327 g/mol. The van der Waals surface area contributed by atoms with Gasteiger partial charge in [0.2, 0.25) is 0 Å². The number of H-pyrrole nitrogens is 1. The molecule has 0 spiro atoms. The van der Waals surface area contributed by atoms with Crippen LogP contribution in [0.4, 0.5) is 5.00 Å². The molecule has 0 saturated heterocycles. The lowest BCUT2D eigenvalue weighted by molar-refractivity contribution is 0.0527. The molecule has 2 aromatic heterocycles. The zero-order valence-electron chi connectivity index (χ0n) is 11.9. The molecule has 0 unspecified atom stereocenters. The first-order valence-corrected chi connectivity index (χ1v) is 7.55. The summed E-state index contributed by atoms with van der Waals surface area (Å²) in [5.74, 6) is -0.784. The predicted octanol–water partition coefficient (Wildman–Crippen LogP) is 3.78. The molecule has 0 aliphatic heterocycles. The second-order valence-electron chi connectivity index (χ2n) is 4.39. The van der Waals surface area contributed by atoms with Crippen molar-refractivity contribution in [3.63, 3.8) is 0 Å². The number of anilines is 1. The summed E-state index contributed by atoms with van der Waals surface area (Å²) >= 11 is 7.12. The highest BCUT2D eigenvalue weighted by Crippen LogP contribution is 2.33. The largest absolute Gasteiger partial charge is 0.462 e. The van der Waals surface area contributed by atoms with Crippen LogP contribution in [0, 0.1) is 13.8 Å². The van der Waals surface area contributed by atoms with Crippen molar-refractivity contribution in [2.24, 2.45) is 0 Å². The third-order valence-electron chi connectivity index (χ3n) is 2.98. The minimum absolute atomic E-state index is 0.285. The summed E-state index contributed by atoms with van der Waals surface area (Å²) in [5.41, 5.74) is 1.56. The third kappa shape index (κ3) is 3.28. The lowest BCUT2D eigenvalue weighted by atomic mass is 10.1. The van der Waals surface area contributed by atoms with Crippen molar-refractivity contribution in [3.05, 3.63) is 39.0 Å². The van der Waals surface area contributed by atoms with Crippen molar-refractivity contribution in [1.29, 1.82) is 0 Å². The molecular weight excluding hydrogens is 312 g/mol. The van der Waals surface area contributed by atoms with Crippen LogP contribution in [0.15, 0.2) is 12.3 Å². The number of thiophene rings is 1. The molecule has 2 aromatic rings. The number of amides is 1. The van der Waals surface area contributed by atoms with Crippen LogP contribution >= 0.6 is 22.9 Å². The summed E-state index contributed by atoms with van der Waals surface area (Å²) in [7, 11) is 0. The van der Waals surface area contributed by atoms with Crippen molar-refractivity contribution < 1.29 is 14.3 Å². The Balaban J connectivity index is 2.29. The van der Waals surface area contributed by atoms with E-state index < -0.39 is 5.97 Å². The molecule has 0 radical (unpaired) electrons. The fraction of sp³-hybridized carbons (Fsp3) is 0.286. The van der Waals surface area contributed by atoms with Gasteiger partial charge in [-0.05, 0) is 32.4 Å². The van der Waals surface area contributed by atoms with Crippen molar-refractivity contribution in [2.45, 2.75) is 20.8 Å². The smallest absolute Gasteiger partial charge is 0.341 e. The van der Waals surface area contributed by atoms with E-state index in [0.29, 0.717) is 21.3 Å². The lowest BCUT2D eigenvalue weighted by Crippen LogP contribution is -2.15. The number of hydrogen-bond donors (Lipinski definition) is 2. The normalized spacial score (nSPS) is 10.5. The summed E-state index contributed by atoms with van der Waals surface area (Å²) in [6, 6.07) is 1.52. The van der Waals surface area contributed by atoms with Gasteiger partial charge in [-0.15, -0.1) is 11.3 Å².